The van der Waals surface area contributed by atoms with Crippen LogP contribution in [-0.2, 0) is 0 Å². The van der Waals surface area contributed by atoms with Gasteiger partial charge in [0.15, 0.2) is 5.78 Å². The van der Waals surface area contributed by atoms with Crippen molar-refractivity contribution < 1.29 is 8.91 Å². The number of pyridine rings is 1. The van der Waals surface area contributed by atoms with Gasteiger partial charge in [-0.15, -0.1) is 0 Å². The van der Waals surface area contributed by atoms with Crippen molar-refractivity contribution in [3.05, 3.63) is 30.1 Å². The van der Waals surface area contributed by atoms with Crippen molar-refractivity contribution >= 4 is 5.78 Å². The first-order valence-corrected chi connectivity index (χ1v) is 4.17. The van der Waals surface area contributed by atoms with Gasteiger partial charge >= 0.3 is 0 Å². The van der Waals surface area contributed by atoms with E-state index in [1.54, 1.807) is 18.3 Å². The molecule has 3 heteroatoms. The Morgan fingerprint density at radius 3 is 3.38 bits per heavy atom. The summed E-state index contributed by atoms with van der Waals surface area (Å²) < 4.78 is 20.7. The SMILES string of the molecule is [2H]C([2H])([2H])NCCCC(=O)c1cccnc1. The first-order valence-electron chi connectivity index (χ1n) is 5.67. The van der Waals surface area contributed by atoms with Gasteiger partial charge in [0, 0.05) is 28.5 Å². The number of Topliss-reactive ketones (excluding diaryl/α,β-unsaturated/α-hetero) is 1. The summed E-state index contributed by atoms with van der Waals surface area (Å²) in [6, 6.07) is 3.40. The lowest BCUT2D eigenvalue weighted by molar-refractivity contribution is 0.0980. The smallest absolute Gasteiger partial charge is 0.164 e. The molecule has 0 unspecified atom stereocenters. The van der Waals surface area contributed by atoms with E-state index in [1.807, 2.05) is 0 Å². The Labute approximate surface area is 82.4 Å². The Bertz CT molecular complexity index is 338. The summed E-state index contributed by atoms with van der Waals surface area (Å²) in [6.07, 6.45) is 3.95. The van der Waals surface area contributed by atoms with Crippen LogP contribution in [0.15, 0.2) is 24.5 Å². The van der Waals surface area contributed by atoms with E-state index in [2.05, 4.69) is 10.3 Å². The van der Waals surface area contributed by atoms with Crippen LogP contribution in [0.2, 0.25) is 0 Å². The number of hydrogen-bond acceptors (Lipinski definition) is 3. The lowest BCUT2D eigenvalue weighted by Crippen LogP contribution is -2.10. The summed E-state index contributed by atoms with van der Waals surface area (Å²) in [6.45, 7) is -1.82. The van der Waals surface area contributed by atoms with Crippen molar-refractivity contribution in [2.75, 3.05) is 13.5 Å². The van der Waals surface area contributed by atoms with Crippen LogP contribution < -0.4 is 5.32 Å². The Balaban J connectivity index is 2.27. The van der Waals surface area contributed by atoms with Gasteiger partial charge in [0.2, 0.25) is 0 Å². The summed E-state index contributed by atoms with van der Waals surface area (Å²) in [5.41, 5.74) is 0.566. The minimum absolute atomic E-state index is 0.0135. The first kappa shape index (κ1) is 6.27. The van der Waals surface area contributed by atoms with E-state index in [4.69, 9.17) is 4.11 Å². The number of nitrogens with zero attached hydrogens (tertiary/aromatic N) is 1. The van der Waals surface area contributed by atoms with Crippen molar-refractivity contribution in [2.45, 2.75) is 12.8 Å². The van der Waals surface area contributed by atoms with Crippen LogP contribution in [-0.4, -0.2) is 24.3 Å². The van der Waals surface area contributed by atoms with Gasteiger partial charge in [-0.2, -0.15) is 0 Å². The van der Waals surface area contributed by atoms with Gasteiger partial charge < -0.3 is 5.32 Å². The van der Waals surface area contributed by atoms with Crippen LogP contribution in [0, 0.1) is 0 Å². The van der Waals surface area contributed by atoms with Crippen LogP contribution in [0.25, 0.3) is 0 Å². The quantitative estimate of drug-likeness (QED) is 0.549. The second-order valence-corrected chi connectivity index (χ2v) is 2.70. The maximum Gasteiger partial charge on any atom is 0.164 e. The van der Waals surface area contributed by atoms with Gasteiger partial charge in [-0.05, 0) is 32.1 Å². The van der Waals surface area contributed by atoms with Crippen molar-refractivity contribution in [3.8, 4) is 0 Å². The molecule has 0 aromatic carbocycles. The third kappa shape index (κ3) is 3.34. The third-order valence-electron chi connectivity index (χ3n) is 1.69. The Kier molecular flexibility index (Phi) is 2.62. The number of ketones is 1. The predicted octanol–water partition coefficient (Wildman–Crippen LogP) is 1.26. The molecule has 0 saturated heterocycles. The van der Waals surface area contributed by atoms with E-state index >= 15 is 0 Å². The average molecular weight is 181 g/mol. The van der Waals surface area contributed by atoms with Crippen molar-refractivity contribution in [3.63, 3.8) is 0 Å². The third-order valence-corrected chi connectivity index (χ3v) is 1.69. The molecule has 1 N–H and O–H groups in total. The highest BCUT2D eigenvalue weighted by atomic mass is 16.1. The zero-order valence-electron chi connectivity index (χ0n) is 10.3. The van der Waals surface area contributed by atoms with E-state index in [9.17, 15) is 4.79 Å². The molecule has 1 heterocycles. The van der Waals surface area contributed by atoms with E-state index in [1.165, 1.54) is 6.20 Å². The van der Waals surface area contributed by atoms with Crippen molar-refractivity contribution in [1.82, 2.24) is 10.3 Å². The molecule has 0 aliphatic heterocycles. The highest BCUT2D eigenvalue weighted by Gasteiger charge is 2.03. The van der Waals surface area contributed by atoms with Gasteiger partial charge in [-0.3, -0.25) is 9.78 Å². The van der Waals surface area contributed by atoms with Gasteiger partial charge in [-0.1, -0.05) is 0 Å². The number of rotatable bonds is 5. The maximum absolute atomic E-state index is 11.6. The minimum Gasteiger partial charge on any atom is -0.320 e. The monoisotopic (exact) mass is 181 g/mol. The van der Waals surface area contributed by atoms with Crippen molar-refractivity contribution in [2.24, 2.45) is 0 Å². The van der Waals surface area contributed by atoms with Crippen molar-refractivity contribution in [1.29, 1.82) is 0 Å². The fourth-order valence-electron chi connectivity index (χ4n) is 1.01. The van der Waals surface area contributed by atoms with E-state index in [0.717, 1.165) is 0 Å². The molecule has 0 aliphatic carbocycles. The zero-order chi connectivity index (χ0) is 12.0. The molecule has 0 bridgehead atoms. The highest BCUT2D eigenvalue weighted by molar-refractivity contribution is 5.95. The van der Waals surface area contributed by atoms with Crippen LogP contribution in [0.1, 0.15) is 27.3 Å². The van der Waals surface area contributed by atoms with Crippen LogP contribution in [0.3, 0.4) is 0 Å². The van der Waals surface area contributed by atoms with Gasteiger partial charge in [-0.25, -0.2) is 0 Å². The molecular formula is C10H14N2O. The Morgan fingerprint density at radius 2 is 2.69 bits per heavy atom. The summed E-state index contributed by atoms with van der Waals surface area (Å²) in [4.78, 5) is 15.4. The fourth-order valence-corrected chi connectivity index (χ4v) is 1.01. The molecule has 0 aliphatic rings. The van der Waals surface area contributed by atoms with Gasteiger partial charge in [0.1, 0.15) is 0 Å². The second-order valence-electron chi connectivity index (χ2n) is 2.70. The molecular weight excluding hydrogens is 164 g/mol. The normalized spacial score (nSPS) is 14.3. The molecule has 0 saturated carbocycles. The Morgan fingerprint density at radius 1 is 1.77 bits per heavy atom. The lowest BCUT2D eigenvalue weighted by atomic mass is 10.1. The summed E-state index contributed by atoms with van der Waals surface area (Å²) in [5.74, 6) is -0.0135. The molecule has 1 rings (SSSR count). The molecule has 1 aromatic rings. The number of nitrogens with one attached hydrogen (secondary N) is 1. The molecule has 13 heavy (non-hydrogen) atoms. The summed E-state index contributed by atoms with van der Waals surface area (Å²) in [5, 5.41) is 2.36. The number of carbonyl (C=O) groups is 1. The van der Waals surface area contributed by atoms with E-state index in [0.29, 0.717) is 24.9 Å². The summed E-state index contributed by atoms with van der Waals surface area (Å²) >= 11 is 0. The molecule has 0 atom stereocenters. The average Bonchev–Trinajstić information content (AvgIpc) is 2.24. The second kappa shape index (κ2) is 5.43. The standard InChI is InChI=1S/C10H14N2O/c1-11-6-3-5-10(13)9-4-2-7-12-8-9/h2,4,7-8,11H,3,5-6H2,1H3/i1D3. The minimum atomic E-state index is -2.13. The van der Waals surface area contributed by atoms with Crippen LogP contribution >= 0.6 is 0 Å². The van der Waals surface area contributed by atoms with E-state index in [-0.39, 0.29) is 5.78 Å². The van der Waals surface area contributed by atoms with Crippen LogP contribution in [0.5, 0.6) is 0 Å². The molecule has 0 spiro atoms. The topological polar surface area (TPSA) is 42.0 Å². The lowest BCUT2D eigenvalue weighted by Gasteiger charge is -1.99. The number of aromatic nitrogens is 1. The molecule has 3 nitrogen and oxygen atoms in total. The molecule has 0 amide bonds. The van der Waals surface area contributed by atoms with Gasteiger partial charge in [0.25, 0.3) is 0 Å². The first-order chi connectivity index (χ1) is 7.49. The molecule has 1 aromatic heterocycles. The molecule has 0 radical (unpaired) electrons. The highest BCUT2D eigenvalue weighted by Crippen LogP contribution is 2.02. The largest absolute Gasteiger partial charge is 0.320 e. The fraction of sp³-hybridized carbons (Fsp3) is 0.400. The number of carbonyl (C=O) groups excluding carboxylic acids is 1. The zero-order valence-corrected chi connectivity index (χ0v) is 7.29. The Hall–Kier alpha value is -1.22. The van der Waals surface area contributed by atoms with E-state index < -0.39 is 6.98 Å². The number of hydrogen-bond donors (Lipinski definition) is 1. The molecule has 70 valence electrons. The summed E-state index contributed by atoms with van der Waals surface area (Å²) in [7, 11) is 0. The van der Waals surface area contributed by atoms with Gasteiger partial charge in [0.05, 0.1) is 0 Å². The van der Waals surface area contributed by atoms with Crippen LogP contribution in [0.4, 0.5) is 0 Å². The maximum atomic E-state index is 11.6. The predicted molar refractivity (Wildman–Crippen MR) is 51.7 cm³/mol. The molecule has 0 fully saturated rings.